The van der Waals surface area contributed by atoms with Gasteiger partial charge in [0.15, 0.2) is 5.96 Å². The second-order valence-electron chi connectivity index (χ2n) is 5.01. The number of nitrogens with one attached hydrogen (secondary N) is 3. The monoisotopic (exact) mass is 510 g/mol. The lowest BCUT2D eigenvalue weighted by atomic mass is 10.4. The van der Waals surface area contributed by atoms with Gasteiger partial charge in [-0.05, 0) is 18.6 Å². The van der Waals surface area contributed by atoms with Gasteiger partial charge in [0.25, 0.3) is 0 Å². The number of guanidine groups is 1. The van der Waals surface area contributed by atoms with E-state index in [2.05, 4.69) is 37.2 Å². The molecule has 0 bridgehead atoms. The van der Waals surface area contributed by atoms with Gasteiger partial charge in [0.2, 0.25) is 10.0 Å². The zero-order chi connectivity index (χ0) is 18.1. The molecule has 0 fully saturated rings. The maximum atomic E-state index is 12.1. The minimum absolute atomic E-state index is 0. The first-order chi connectivity index (χ1) is 12.0. The Kier molecular flexibility index (Phi) is 9.98. The Morgan fingerprint density at radius 1 is 1.27 bits per heavy atom. The summed E-state index contributed by atoms with van der Waals surface area (Å²) in [5, 5.41) is 7.19. The van der Waals surface area contributed by atoms with E-state index >= 15 is 0 Å². The molecule has 0 radical (unpaired) electrons. The first-order valence-electron chi connectivity index (χ1n) is 7.83. The summed E-state index contributed by atoms with van der Waals surface area (Å²) in [5.74, 6) is 0.592. The van der Waals surface area contributed by atoms with E-state index in [0.29, 0.717) is 19.0 Å². The fraction of sp³-hybridized carbons (Fsp3) is 0.400. The maximum absolute atomic E-state index is 12.1. The lowest BCUT2D eigenvalue weighted by molar-refractivity contribution is 0.580. The van der Waals surface area contributed by atoms with Gasteiger partial charge in [-0.2, -0.15) is 0 Å². The van der Waals surface area contributed by atoms with Crippen LogP contribution in [-0.2, 0) is 23.0 Å². The van der Waals surface area contributed by atoms with E-state index < -0.39 is 10.0 Å². The van der Waals surface area contributed by atoms with Crippen molar-refractivity contribution in [2.45, 2.75) is 24.8 Å². The topological polar surface area (TPSA) is 108 Å². The predicted molar refractivity (Wildman–Crippen MR) is 115 cm³/mol. The molecular formula is C15H23IN6O2S2. The smallest absolute Gasteiger partial charge is 0.242 e. The minimum atomic E-state index is -3.54. The second kappa shape index (κ2) is 11.4. The largest absolute Gasteiger partial charge is 0.355 e. The van der Waals surface area contributed by atoms with Crippen LogP contribution in [0.1, 0.15) is 16.8 Å². The Balaban J connectivity index is 0.00000338. The number of sulfonamides is 1. The van der Waals surface area contributed by atoms with E-state index in [9.17, 15) is 8.42 Å². The van der Waals surface area contributed by atoms with Crippen molar-refractivity contribution in [1.29, 1.82) is 0 Å². The lowest BCUT2D eigenvalue weighted by Gasteiger charge is -2.11. The molecule has 3 N–H and O–H groups in total. The summed E-state index contributed by atoms with van der Waals surface area (Å²) in [5.41, 5.74) is 0. The molecule has 0 unspecified atom stereocenters. The van der Waals surface area contributed by atoms with Crippen LogP contribution < -0.4 is 15.4 Å². The lowest BCUT2D eigenvalue weighted by Crippen LogP contribution is -2.41. The van der Waals surface area contributed by atoms with Crippen molar-refractivity contribution in [3.8, 4) is 0 Å². The second-order valence-corrected chi connectivity index (χ2v) is 7.98. The van der Waals surface area contributed by atoms with Crippen molar-refractivity contribution in [2.24, 2.45) is 4.99 Å². The molecule has 2 rings (SSSR count). The van der Waals surface area contributed by atoms with Gasteiger partial charge in [-0.25, -0.2) is 18.1 Å². The van der Waals surface area contributed by atoms with Gasteiger partial charge < -0.3 is 10.6 Å². The fourth-order valence-corrected chi connectivity index (χ4v) is 3.73. The zero-order valence-electron chi connectivity index (χ0n) is 14.6. The van der Waals surface area contributed by atoms with Crippen LogP contribution in [-0.4, -0.2) is 44.5 Å². The number of aliphatic imine (C=N–C) groups is 1. The van der Waals surface area contributed by atoms with Crippen molar-refractivity contribution < 1.29 is 8.42 Å². The molecule has 2 aromatic rings. The van der Waals surface area contributed by atoms with Crippen molar-refractivity contribution in [1.82, 2.24) is 25.3 Å². The molecule has 0 atom stereocenters. The molecule has 0 saturated carbocycles. The van der Waals surface area contributed by atoms with Crippen molar-refractivity contribution in [3.63, 3.8) is 0 Å². The Morgan fingerprint density at radius 3 is 2.69 bits per heavy atom. The van der Waals surface area contributed by atoms with Gasteiger partial charge in [0.1, 0.15) is 9.90 Å². The van der Waals surface area contributed by atoms with Crippen LogP contribution >= 0.6 is 35.3 Å². The average Bonchev–Trinajstić information content (AvgIpc) is 3.10. The molecule has 0 aliphatic carbocycles. The standard InChI is InChI=1S/C15H22N6O2S2.HI/c1-3-12-9-19-14(24-12)11-20-15(16-2)18-7-8-21-25(22,23)13-5-4-6-17-10-13;/h4-6,9-10,21H,3,7-8,11H2,1-2H3,(H2,16,18,20);1H. The van der Waals surface area contributed by atoms with E-state index in [1.807, 2.05) is 6.20 Å². The highest BCUT2D eigenvalue weighted by molar-refractivity contribution is 14.0. The van der Waals surface area contributed by atoms with E-state index in [1.165, 1.54) is 23.3 Å². The van der Waals surface area contributed by atoms with Gasteiger partial charge in [0.05, 0.1) is 6.54 Å². The predicted octanol–water partition coefficient (Wildman–Crippen LogP) is 1.36. The van der Waals surface area contributed by atoms with E-state index in [1.54, 1.807) is 24.5 Å². The number of hydrogen-bond acceptors (Lipinski definition) is 6. The summed E-state index contributed by atoms with van der Waals surface area (Å²) in [6.45, 7) is 3.30. The molecule has 26 heavy (non-hydrogen) atoms. The van der Waals surface area contributed by atoms with Gasteiger partial charge in [-0.1, -0.05) is 6.92 Å². The normalized spacial score (nSPS) is 11.7. The molecule has 0 amide bonds. The van der Waals surface area contributed by atoms with E-state index in [4.69, 9.17) is 0 Å². The Bertz CT molecular complexity index is 795. The number of nitrogens with zero attached hydrogens (tertiary/aromatic N) is 3. The number of rotatable bonds is 8. The summed E-state index contributed by atoms with van der Waals surface area (Å²) in [4.78, 5) is 13.6. The molecule has 2 heterocycles. The highest BCUT2D eigenvalue weighted by atomic mass is 127. The number of aryl methyl sites for hydroxylation is 1. The number of pyridine rings is 1. The van der Waals surface area contributed by atoms with Crippen LogP contribution in [0.3, 0.4) is 0 Å². The molecule has 0 aliphatic heterocycles. The fourth-order valence-electron chi connectivity index (χ4n) is 1.93. The maximum Gasteiger partial charge on any atom is 0.242 e. The van der Waals surface area contributed by atoms with Gasteiger partial charge in [0, 0.05) is 43.6 Å². The molecule has 0 aliphatic rings. The highest BCUT2D eigenvalue weighted by Gasteiger charge is 2.12. The summed E-state index contributed by atoms with van der Waals surface area (Å²) >= 11 is 1.66. The van der Waals surface area contributed by atoms with E-state index in [-0.39, 0.29) is 35.4 Å². The molecular weight excluding hydrogens is 487 g/mol. The molecule has 8 nitrogen and oxygen atoms in total. The Hall–Kier alpha value is -1.31. The average molecular weight is 510 g/mol. The number of thiazole rings is 1. The number of halogens is 1. The number of aromatic nitrogens is 2. The molecule has 0 aromatic carbocycles. The third kappa shape index (κ3) is 7.13. The summed E-state index contributed by atoms with van der Waals surface area (Å²) in [6.07, 6.45) is 5.70. The van der Waals surface area contributed by atoms with Gasteiger partial charge >= 0.3 is 0 Å². The first-order valence-corrected chi connectivity index (χ1v) is 10.1. The zero-order valence-corrected chi connectivity index (χ0v) is 18.6. The minimum Gasteiger partial charge on any atom is -0.355 e. The van der Waals surface area contributed by atoms with Crippen LogP contribution in [0.4, 0.5) is 0 Å². The third-order valence-electron chi connectivity index (χ3n) is 3.23. The van der Waals surface area contributed by atoms with Crippen LogP contribution in [0, 0.1) is 0 Å². The van der Waals surface area contributed by atoms with Crippen LogP contribution in [0.25, 0.3) is 0 Å². The Labute approximate surface area is 175 Å². The molecule has 2 aromatic heterocycles. The Morgan fingerprint density at radius 2 is 2.08 bits per heavy atom. The summed E-state index contributed by atoms with van der Waals surface area (Å²) in [6, 6.07) is 3.09. The van der Waals surface area contributed by atoms with E-state index in [0.717, 1.165) is 11.4 Å². The summed E-state index contributed by atoms with van der Waals surface area (Å²) < 4.78 is 26.6. The van der Waals surface area contributed by atoms with Crippen LogP contribution in [0.2, 0.25) is 0 Å². The van der Waals surface area contributed by atoms with Crippen molar-refractivity contribution in [3.05, 3.63) is 40.6 Å². The van der Waals surface area contributed by atoms with Crippen LogP contribution in [0.15, 0.2) is 40.6 Å². The highest BCUT2D eigenvalue weighted by Crippen LogP contribution is 2.12. The van der Waals surface area contributed by atoms with Crippen LogP contribution in [0.5, 0.6) is 0 Å². The van der Waals surface area contributed by atoms with Crippen molar-refractivity contribution >= 4 is 51.3 Å². The SMILES string of the molecule is CCc1cnc(CNC(=NC)NCCNS(=O)(=O)c2cccnc2)s1.I. The molecule has 0 saturated heterocycles. The van der Waals surface area contributed by atoms with Gasteiger partial charge in [-0.3, -0.25) is 9.98 Å². The number of hydrogen-bond donors (Lipinski definition) is 3. The summed E-state index contributed by atoms with van der Waals surface area (Å²) in [7, 11) is -1.88. The molecule has 11 heteroatoms. The first kappa shape index (κ1) is 22.7. The quantitative estimate of drug-likeness (QED) is 0.214. The van der Waals surface area contributed by atoms with Crippen molar-refractivity contribution in [2.75, 3.05) is 20.1 Å². The molecule has 0 spiro atoms. The van der Waals surface area contributed by atoms with Gasteiger partial charge in [-0.15, -0.1) is 35.3 Å². The molecule has 144 valence electrons. The third-order valence-corrected chi connectivity index (χ3v) is 5.82.